The molecule has 0 atom stereocenters. The molecule has 1 aliphatic heterocycles. The van der Waals surface area contributed by atoms with Gasteiger partial charge in [0.25, 0.3) is 5.91 Å². The van der Waals surface area contributed by atoms with Crippen LogP contribution in [0.1, 0.15) is 23.2 Å². The van der Waals surface area contributed by atoms with Gasteiger partial charge in [-0.3, -0.25) is 4.79 Å². The van der Waals surface area contributed by atoms with Crippen molar-refractivity contribution in [3.05, 3.63) is 23.8 Å². The molecular weight excluding hydrogens is 262 g/mol. The first kappa shape index (κ1) is 14.6. The molecule has 3 N–H and O–H groups in total. The zero-order valence-electron chi connectivity index (χ0n) is 11.4. The van der Waals surface area contributed by atoms with Crippen LogP contribution in [0.2, 0.25) is 0 Å². The van der Waals surface area contributed by atoms with Crippen molar-refractivity contribution >= 4 is 5.91 Å². The lowest BCUT2D eigenvalue weighted by atomic mass is 9.93. The molecule has 0 aromatic heterocycles. The normalized spacial score (nSPS) is 17.7. The number of phenols is 2. The second-order valence-corrected chi connectivity index (χ2v) is 5.17. The number of hydrogen-bond donors (Lipinski definition) is 3. The van der Waals surface area contributed by atoms with Gasteiger partial charge in [-0.2, -0.15) is 0 Å². The smallest absolute Gasteiger partial charge is 0.257 e. The molecule has 0 saturated carbocycles. The number of carbonyl (C=O) groups is 1. The molecule has 0 spiro atoms. The van der Waals surface area contributed by atoms with Crippen molar-refractivity contribution in [2.45, 2.75) is 18.4 Å². The Labute approximate surface area is 117 Å². The predicted octanol–water partition coefficient (Wildman–Crippen LogP) is 0.711. The Bertz CT molecular complexity index is 496. The minimum absolute atomic E-state index is 0.0168. The molecule has 0 aliphatic carbocycles. The van der Waals surface area contributed by atoms with Gasteiger partial charge in [0.15, 0.2) is 11.5 Å². The summed E-state index contributed by atoms with van der Waals surface area (Å²) in [6.07, 6.45) is 0.938. The molecule has 1 fully saturated rings. The zero-order valence-corrected chi connectivity index (χ0v) is 11.4. The van der Waals surface area contributed by atoms with E-state index in [1.165, 1.54) is 23.1 Å². The van der Waals surface area contributed by atoms with Crippen LogP contribution in [0.25, 0.3) is 0 Å². The van der Waals surface area contributed by atoms with Crippen LogP contribution in [0, 0.1) is 0 Å². The van der Waals surface area contributed by atoms with Gasteiger partial charge in [0.05, 0.1) is 11.2 Å². The monoisotopic (exact) mass is 281 g/mol. The van der Waals surface area contributed by atoms with Crippen LogP contribution in [0.4, 0.5) is 0 Å². The molecule has 0 unspecified atom stereocenters. The van der Waals surface area contributed by atoms with Gasteiger partial charge in [0, 0.05) is 39.6 Å². The molecule has 0 radical (unpaired) electrons. The zero-order chi connectivity index (χ0) is 14.8. The van der Waals surface area contributed by atoms with Crippen molar-refractivity contribution in [3.8, 4) is 11.5 Å². The fourth-order valence-electron chi connectivity index (χ4n) is 2.33. The van der Waals surface area contributed by atoms with Crippen molar-refractivity contribution < 1.29 is 24.9 Å². The van der Waals surface area contributed by atoms with E-state index in [0.29, 0.717) is 26.1 Å². The van der Waals surface area contributed by atoms with Crippen molar-refractivity contribution in [3.63, 3.8) is 0 Å². The summed E-state index contributed by atoms with van der Waals surface area (Å²) in [6, 6.07) is 4.22. The summed E-state index contributed by atoms with van der Waals surface area (Å²) in [7, 11) is 1.55. The van der Waals surface area contributed by atoms with E-state index in [1.54, 1.807) is 7.05 Å². The third-order valence-electron chi connectivity index (χ3n) is 3.55. The van der Waals surface area contributed by atoms with Gasteiger partial charge in [-0.25, -0.2) is 0 Å². The van der Waals surface area contributed by atoms with Gasteiger partial charge in [0.2, 0.25) is 0 Å². The third-order valence-corrected chi connectivity index (χ3v) is 3.55. The van der Waals surface area contributed by atoms with E-state index in [9.17, 15) is 20.1 Å². The molecule has 2 rings (SSSR count). The number of para-hydroxylation sites is 1. The highest BCUT2D eigenvalue weighted by atomic mass is 16.5. The number of amides is 1. The second kappa shape index (κ2) is 5.68. The molecule has 0 bridgehead atoms. The van der Waals surface area contributed by atoms with E-state index >= 15 is 0 Å². The molecule has 1 saturated heterocycles. The highest BCUT2D eigenvalue weighted by molar-refractivity contribution is 5.97. The second-order valence-electron chi connectivity index (χ2n) is 5.17. The number of carbonyl (C=O) groups excluding carboxylic acids is 1. The number of aliphatic hydroxyl groups is 1. The molecule has 1 amide bonds. The first-order valence-corrected chi connectivity index (χ1v) is 6.49. The van der Waals surface area contributed by atoms with Gasteiger partial charge >= 0.3 is 0 Å². The Hall–Kier alpha value is -1.79. The number of rotatable bonds is 3. The van der Waals surface area contributed by atoms with Crippen molar-refractivity contribution in [1.82, 2.24) is 4.90 Å². The Morgan fingerprint density at radius 3 is 2.65 bits per heavy atom. The van der Waals surface area contributed by atoms with E-state index in [4.69, 9.17) is 4.74 Å². The minimum Gasteiger partial charge on any atom is -0.504 e. The van der Waals surface area contributed by atoms with Gasteiger partial charge in [-0.05, 0) is 12.1 Å². The topological polar surface area (TPSA) is 90.2 Å². The van der Waals surface area contributed by atoms with E-state index in [2.05, 4.69) is 0 Å². The van der Waals surface area contributed by atoms with E-state index in [0.717, 1.165) is 0 Å². The fraction of sp³-hybridized carbons (Fsp3) is 0.500. The number of benzene rings is 1. The largest absolute Gasteiger partial charge is 0.504 e. The summed E-state index contributed by atoms with van der Waals surface area (Å²) in [5.74, 6) is -1.23. The Balaban J connectivity index is 2.10. The number of nitrogens with zero attached hydrogens (tertiary/aromatic N) is 1. The van der Waals surface area contributed by atoms with E-state index in [1.807, 2.05) is 0 Å². The van der Waals surface area contributed by atoms with Gasteiger partial charge < -0.3 is 25.0 Å². The van der Waals surface area contributed by atoms with Crippen LogP contribution in [0.15, 0.2) is 18.2 Å². The van der Waals surface area contributed by atoms with Crippen LogP contribution >= 0.6 is 0 Å². The van der Waals surface area contributed by atoms with Gasteiger partial charge in [-0.15, -0.1) is 0 Å². The minimum atomic E-state index is -0.963. The number of aromatic hydroxyl groups is 2. The predicted molar refractivity (Wildman–Crippen MR) is 71.7 cm³/mol. The Kier molecular flexibility index (Phi) is 4.15. The lowest BCUT2D eigenvalue weighted by Crippen LogP contribution is -2.47. The quantitative estimate of drug-likeness (QED) is 0.710. The molecule has 6 nitrogen and oxygen atoms in total. The molecule has 6 heteroatoms. The summed E-state index contributed by atoms with van der Waals surface area (Å²) < 4.78 is 5.19. The van der Waals surface area contributed by atoms with Crippen LogP contribution in [-0.2, 0) is 4.74 Å². The Morgan fingerprint density at radius 1 is 1.35 bits per heavy atom. The summed E-state index contributed by atoms with van der Waals surface area (Å²) >= 11 is 0. The van der Waals surface area contributed by atoms with E-state index < -0.39 is 17.3 Å². The highest BCUT2D eigenvalue weighted by Crippen LogP contribution is 2.29. The number of ether oxygens (including phenoxy) is 1. The van der Waals surface area contributed by atoms with Gasteiger partial charge in [-0.1, -0.05) is 6.07 Å². The summed E-state index contributed by atoms with van der Waals surface area (Å²) in [5, 5.41) is 29.5. The summed E-state index contributed by atoms with van der Waals surface area (Å²) in [5.41, 5.74) is -0.946. The standard InChI is InChI=1S/C14H19NO5/c1-15(9-14(19)5-7-20-8-6-14)13(18)10-3-2-4-11(16)12(10)17/h2-4,16-17,19H,5-9H2,1H3. The summed E-state index contributed by atoms with van der Waals surface area (Å²) in [6.45, 7) is 1.09. The molecule has 1 aromatic rings. The molecule has 1 heterocycles. The van der Waals surface area contributed by atoms with Gasteiger partial charge in [0.1, 0.15) is 0 Å². The average molecular weight is 281 g/mol. The fourth-order valence-corrected chi connectivity index (χ4v) is 2.33. The lowest BCUT2D eigenvalue weighted by molar-refractivity contribution is -0.0734. The highest BCUT2D eigenvalue weighted by Gasteiger charge is 2.33. The van der Waals surface area contributed by atoms with Crippen LogP contribution in [0.5, 0.6) is 11.5 Å². The molecule has 110 valence electrons. The van der Waals surface area contributed by atoms with Crippen molar-refractivity contribution in [2.24, 2.45) is 0 Å². The maximum absolute atomic E-state index is 12.2. The van der Waals surface area contributed by atoms with Crippen molar-refractivity contribution in [1.29, 1.82) is 0 Å². The molecule has 1 aliphatic rings. The SMILES string of the molecule is CN(CC1(O)CCOCC1)C(=O)c1cccc(O)c1O. The first-order valence-electron chi connectivity index (χ1n) is 6.49. The third kappa shape index (κ3) is 3.02. The number of hydrogen-bond acceptors (Lipinski definition) is 5. The Morgan fingerprint density at radius 2 is 2.00 bits per heavy atom. The van der Waals surface area contributed by atoms with Crippen LogP contribution in [-0.4, -0.2) is 58.5 Å². The van der Waals surface area contributed by atoms with Crippen molar-refractivity contribution in [2.75, 3.05) is 26.8 Å². The van der Waals surface area contributed by atoms with Crippen LogP contribution in [0.3, 0.4) is 0 Å². The maximum atomic E-state index is 12.2. The van der Waals surface area contributed by atoms with Crippen LogP contribution < -0.4 is 0 Å². The average Bonchev–Trinajstić information content (AvgIpc) is 2.41. The first-order chi connectivity index (χ1) is 9.43. The lowest BCUT2D eigenvalue weighted by Gasteiger charge is -2.35. The number of phenolic OH excluding ortho intramolecular Hbond substituents is 2. The summed E-state index contributed by atoms with van der Waals surface area (Å²) in [4.78, 5) is 13.6. The van der Waals surface area contributed by atoms with E-state index in [-0.39, 0.29) is 17.9 Å². The molecule has 1 aromatic carbocycles. The molecule has 20 heavy (non-hydrogen) atoms. The maximum Gasteiger partial charge on any atom is 0.257 e. The number of likely N-dealkylation sites (N-methyl/N-ethyl adjacent to an activating group) is 1. The molecular formula is C14H19NO5.